The largest absolute Gasteiger partial charge is 0.496 e. The molecule has 0 unspecified atom stereocenters. The van der Waals surface area contributed by atoms with Gasteiger partial charge in [-0.05, 0) is 72.0 Å². The maximum atomic E-state index is 13.9. The van der Waals surface area contributed by atoms with E-state index in [1.54, 1.807) is 42.5 Å². The van der Waals surface area contributed by atoms with Gasteiger partial charge in [0.15, 0.2) is 9.84 Å². The molecule has 0 atom stereocenters. The highest BCUT2D eigenvalue weighted by Gasteiger charge is 2.22. The summed E-state index contributed by atoms with van der Waals surface area (Å²) in [5, 5.41) is 3.20. The first kappa shape index (κ1) is 29.1. The van der Waals surface area contributed by atoms with Crippen LogP contribution in [0.2, 0.25) is 5.02 Å². The number of sulfone groups is 1. The van der Waals surface area contributed by atoms with Crippen molar-refractivity contribution >= 4 is 27.3 Å². The Morgan fingerprint density at radius 3 is 2.40 bits per heavy atom. The van der Waals surface area contributed by atoms with E-state index in [9.17, 15) is 17.6 Å². The molecule has 0 saturated carbocycles. The number of carbonyl (C=O) groups excluding carboxylic acids is 1. The van der Waals surface area contributed by atoms with Crippen LogP contribution in [0.3, 0.4) is 0 Å². The smallest absolute Gasteiger partial charge is 0.255 e. The Morgan fingerprint density at radius 1 is 0.875 bits per heavy atom. The van der Waals surface area contributed by atoms with E-state index in [4.69, 9.17) is 21.1 Å². The van der Waals surface area contributed by atoms with E-state index in [-0.39, 0.29) is 22.3 Å². The Labute approximate surface area is 238 Å². The van der Waals surface area contributed by atoms with E-state index in [2.05, 4.69) is 5.32 Å². The van der Waals surface area contributed by atoms with Crippen molar-refractivity contribution in [3.63, 3.8) is 0 Å². The number of nitrogens with one attached hydrogen (secondary N) is 1. The molecule has 0 bridgehead atoms. The number of aryl methyl sites for hydroxylation is 1. The number of hydrogen-bond acceptors (Lipinski definition) is 5. The summed E-state index contributed by atoms with van der Waals surface area (Å²) in [6, 6.07) is 22.9. The summed E-state index contributed by atoms with van der Waals surface area (Å²) < 4.78 is 51.5. The fourth-order valence-electron chi connectivity index (χ4n) is 4.40. The Kier molecular flexibility index (Phi) is 9.45. The van der Waals surface area contributed by atoms with Gasteiger partial charge in [-0.3, -0.25) is 4.79 Å². The lowest BCUT2D eigenvalue weighted by atomic mass is 10.1. The molecule has 0 aliphatic carbocycles. The van der Waals surface area contributed by atoms with Crippen molar-refractivity contribution in [2.24, 2.45) is 0 Å². The summed E-state index contributed by atoms with van der Waals surface area (Å²) in [5.41, 5.74) is 2.89. The fraction of sp³-hybridized carbons (Fsp3) is 0.194. The van der Waals surface area contributed by atoms with Crippen molar-refractivity contribution in [2.45, 2.75) is 23.5 Å². The van der Waals surface area contributed by atoms with Gasteiger partial charge in [0.05, 0.1) is 25.5 Å². The highest BCUT2D eigenvalue weighted by Crippen LogP contribution is 2.35. The van der Waals surface area contributed by atoms with Crippen LogP contribution in [0, 0.1) is 5.82 Å². The van der Waals surface area contributed by atoms with Crippen molar-refractivity contribution in [3.05, 3.63) is 112 Å². The average molecular weight is 582 g/mol. The zero-order chi connectivity index (χ0) is 28.7. The van der Waals surface area contributed by atoms with Crippen molar-refractivity contribution in [1.82, 2.24) is 5.32 Å². The molecule has 4 rings (SSSR count). The van der Waals surface area contributed by atoms with E-state index in [0.29, 0.717) is 52.4 Å². The first-order valence-electron chi connectivity index (χ1n) is 12.6. The minimum absolute atomic E-state index is 0.00252. The quantitative estimate of drug-likeness (QED) is 0.204. The van der Waals surface area contributed by atoms with E-state index < -0.39 is 15.7 Å². The average Bonchev–Trinajstić information content (AvgIpc) is 2.96. The summed E-state index contributed by atoms with van der Waals surface area (Å²) in [6.45, 7) is 0.450. The molecule has 9 heteroatoms. The summed E-state index contributed by atoms with van der Waals surface area (Å²) in [6.07, 6.45) is 1.32. The minimum Gasteiger partial charge on any atom is -0.496 e. The molecule has 1 N–H and O–H groups in total. The highest BCUT2D eigenvalue weighted by atomic mass is 35.5. The minimum atomic E-state index is -3.83. The van der Waals surface area contributed by atoms with Gasteiger partial charge < -0.3 is 14.8 Å². The number of methoxy groups -OCH3 is 2. The number of rotatable bonds is 11. The zero-order valence-corrected chi connectivity index (χ0v) is 23.7. The van der Waals surface area contributed by atoms with Crippen molar-refractivity contribution < 1.29 is 27.1 Å². The van der Waals surface area contributed by atoms with Gasteiger partial charge in [-0.15, -0.1) is 0 Å². The molecule has 0 radical (unpaired) electrons. The van der Waals surface area contributed by atoms with Gasteiger partial charge in [0.25, 0.3) is 5.91 Å². The Hall–Kier alpha value is -3.88. The zero-order valence-electron chi connectivity index (χ0n) is 22.1. The lowest BCUT2D eigenvalue weighted by Crippen LogP contribution is -2.25. The first-order valence-corrected chi connectivity index (χ1v) is 14.6. The monoisotopic (exact) mass is 581 g/mol. The van der Waals surface area contributed by atoms with E-state index in [1.807, 2.05) is 18.2 Å². The van der Waals surface area contributed by atoms with E-state index in [0.717, 1.165) is 5.56 Å². The molecular weight excluding hydrogens is 553 g/mol. The van der Waals surface area contributed by atoms with Crippen LogP contribution in [0.25, 0.3) is 11.1 Å². The lowest BCUT2D eigenvalue weighted by molar-refractivity contribution is 0.0950. The van der Waals surface area contributed by atoms with Crippen LogP contribution >= 0.6 is 11.6 Å². The van der Waals surface area contributed by atoms with Crippen molar-refractivity contribution in [1.29, 1.82) is 0 Å². The molecule has 6 nitrogen and oxygen atoms in total. The first-order chi connectivity index (χ1) is 19.2. The molecule has 40 heavy (non-hydrogen) atoms. The van der Waals surface area contributed by atoms with Gasteiger partial charge in [0, 0.05) is 17.1 Å². The van der Waals surface area contributed by atoms with Crippen LogP contribution < -0.4 is 14.8 Å². The van der Waals surface area contributed by atoms with Gasteiger partial charge in [0.1, 0.15) is 22.2 Å². The van der Waals surface area contributed by atoms with Gasteiger partial charge >= 0.3 is 0 Å². The SMILES string of the molecule is COc1ccccc1C(=O)NCCCc1cccc(CS(=O)(=O)c2cc(-c3cc(F)ccc3Cl)ccc2OC)c1. The molecule has 4 aromatic rings. The molecule has 4 aromatic carbocycles. The predicted molar refractivity (Wildman–Crippen MR) is 154 cm³/mol. The maximum Gasteiger partial charge on any atom is 0.255 e. The molecule has 0 spiro atoms. The second-order valence-electron chi connectivity index (χ2n) is 9.13. The second-order valence-corrected chi connectivity index (χ2v) is 11.5. The number of benzene rings is 4. The van der Waals surface area contributed by atoms with Crippen molar-refractivity contribution in [3.8, 4) is 22.6 Å². The summed E-state index contributed by atoms with van der Waals surface area (Å²) >= 11 is 6.26. The van der Waals surface area contributed by atoms with E-state index >= 15 is 0 Å². The molecule has 0 aliphatic rings. The third-order valence-corrected chi connectivity index (χ3v) is 8.40. The highest BCUT2D eigenvalue weighted by molar-refractivity contribution is 7.90. The lowest BCUT2D eigenvalue weighted by Gasteiger charge is -2.13. The number of carbonyl (C=O) groups is 1. The van der Waals surface area contributed by atoms with Crippen LogP contribution in [0.15, 0.2) is 89.8 Å². The number of amides is 1. The number of ether oxygens (including phenoxy) is 2. The van der Waals surface area contributed by atoms with Crippen LogP contribution in [0.4, 0.5) is 4.39 Å². The normalized spacial score (nSPS) is 11.2. The van der Waals surface area contributed by atoms with Crippen LogP contribution in [-0.2, 0) is 22.0 Å². The van der Waals surface area contributed by atoms with Gasteiger partial charge in [-0.1, -0.05) is 54.1 Å². The second kappa shape index (κ2) is 13.0. The number of para-hydroxylation sites is 1. The van der Waals surface area contributed by atoms with Crippen molar-refractivity contribution in [2.75, 3.05) is 20.8 Å². The van der Waals surface area contributed by atoms with Gasteiger partial charge in [-0.2, -0.15) is 0 Å². The Morgan fingerprint density at radius 2 is 1.62 bits per heavy atom. The van der Waals surface area contributed by atoms with Crippen LogP contribution in [0.1, 0.15) is 27.9 Å². The van der Waals surface area contributed by atoms with Gasteiger partial charge in [-0.25, -0.2) is 12.8 Å². The fourth-order valence-corrected chi connectivity index (χ4v) is 6.16. The number of halogens is 2. The molecule has 0 aromatic heterocycles. The number of hydrogen-bond donors (Lipinski definition) is 1. The summed E-state index contributed by atoms with van der Waals surface area (Å²) in [5.74, 6) is -0.237. The van der Waals surface area contributed by atoms with Crippen LogP contribution in [-0.4, -0.2) is 35.1 Å². The molecule has 0 aliphatic heterocycles. The molecule has 0 fully saturated rings. The molecule has 1 amide bonds. The predicted octanol–water partition coefficient (Wildman–Crippen LogP) is 6.50. The molecular formula is C31H29ClFNO5S. The Balaban J connectivity index is 1.45. The third-order valence-electron chi connectivity index (χ3n) is 6.37. The molecule has 0 heterocycles. The van der Waals surface area contributed by atoms with Gasteiger partial charge in [0.2, 0.25) is 0 Å². The topological polar surface area (TPSA) is 81.7 Å². The molecule has 0 saturated heterocycles. The summed E-state index contributed by atoms with van der Waals surface area (Å²) in [7, 11) is -0.911. The molecule has 208 valence electrons. The summed E-state index contributed by atoms with van der Waals surface area (Å²) in [4.78, 5) is 12.5. The van der Waals surface area contributed by atoms with E-state index in [1.165, 1.54) is 38.5 Å². The standard InChI is InChI=1S/C31H29ClFNO5S/c1-38-28-11-4-3-10-25(28)31(35)34-16-6-9-21-7-5-8-22(17-21)20-40(36,37)30-18-23(12-15-29(30)39-2)26-19-24(33)13-14-27(26)32/h3-5,7-8,10-15,17-19H,6,9,16,20H2,1-2H3,(H,34,35). The third kappa shape index (κ3) is 7.00. The maximum absolute atomic E-state index is 13.9. The Bertz CT molecular complexity index is 1620. The van der Waals surface area contributed by atoms with Crippen LogP contribution in [0.5, 0.6) is 11.5 Å².